The van der Waals surface area contributed by atoms with E-state index in [1.165, 1.54) is 0 Å². The molecule has 0 saturated carbocycles. The van der Waals surface area contributed by atoms with Crippen LogP contribution in [0.15, 0.2) is 79.3 Å². The van der Waals surface area contributed by atoms with Crippen molar-refractivity contribution in [1.29, 1.82) is 0 Å². The zero-order valence-electron chi connectivity index (χ0n) is 18.7. The number of primary amides is 1. The molecule has 0 atom stereocenters. The molecule has 5 aromatic rings. The number of fused-ring (bicyclic) bond motifs is 2. The summed E-state index contributed by atoms with van der Waals surface area (Å²) in [6, 6.07) is 18.3. The third kappa shape index (κ3) is 4.77. The number of rotatable bonds is 6. The number of aromatic nitrogens is 3. The van der Waals surface area contributed by atoms with Crippen molar-refractivity contribution in [2.24, 2.45) is 5.73 Å². The first-order valence-corrected chi connectivity index (χ1v) is 11.0. The number of nitrogens with zero attached hydrogens (tertiary/aromatic N) is 3. The molecule has 5 rings (SSSR count). The van der Waals surface area contributed by atoms with Gasteiger partial charge in [0.25, 0.3) is 5.91 Å². The fraction of sp³-hybridized carbons (Fsp3) is 0.0741. The van der Waals surface area contributed by atoms with Crippen molar-refractivity contribution in [3.05, 3.63) is 107 Å². The highest BCUT2D eigenvalue weighted by atomic mass is 16.2. The van der Waals surface area contributed by atoms with Gasteiger partial charge >= 0.3 is 0 Å². The van der Waals surface area contributed by atoms with Gasteiger partial charge < -0.3 is 16.8 Å². The number of hydrogen-bond donors (Lipinski definition) is 3. The van der Waals surface area contributed by atoms with Gasteiger partial charge in [0.05, 0.1) is 5.52 Å². The summed E-state index contributed by atoms with van der Waals surface area (Å²) in [6.45, 7) is 0.380. The molecule has 0 bridgehead atoms. The molecular weight excluding hydrogens is 440 g/mol. The van der Waals surface area contributed by atoms with Crippen LogP contribution in [0.25, 0.3) is 21.7 Å². The normalized spacial score (nSPS) is 11.0. The third-order valence-corrected chi connectivity index (χ3v) is 5.80. The first kappa shape index (κ1) is 22.0. The zero-order valence-corrected chi connectivity index (χ0v) is 18.7. The highest BCUT2D eigenvalue weighted by Crippen LogP contribution is 2.20. The summed E-state index contributed by atoms with van der Waals surface area (Å²) in [6.07, 6.45) is 5.55. The van der Waals surface area contributed by atoms with Crippen LogP contribution in [0.5, 0.6) is 0 Å². The summed E-state index contributed by atoms with van der Waals surface area (Å²) >= 11 is 0. The lowest BCUT2D eigenvalue weighted by molar-refractivity contribution is 0.0949. The Balaban J connectivity index is 1.29. The van der Waals surface area contributed by atoms with E-state index in [1.54, 1.807) is 48.9 Å². The average molecular weight is 463 g/mol. The molecule has 3 aromatic heterocycles. The highest BCUT2D eigenvalue weighted by molar-refractivity contribution is 5.97. The molecule has 0 radical (unpaired) electrons. The molecule has 2 amide bonds. The fourth-order valence-electron chi connectivity index (χ4n) is 4.00. The Bertz CT molecular complexity index is 1600. The first-order chi connectivity index (χ1) is 17.0. The highest BCUT2D eigenvalue weighted by Gasteiger charge is 2.10. The molecule has 8 heteroatoms. The summed E-state index contributed by atoms with van der Waals surface area (Å²) in [7, 11) is 0. The lowest BCUT2D eigenvalue weighted by Crippen LogP contribution is -2.23. The van der Waals surface area contributed by atoms with E-state index in [0.717, 1.165) is 38.5 Å². The summed E-state index contributed by atoms with van der Waals surface area (Å²) in [5, 5.41) is 5.64. The molecule has 172 valence electrons. The summed E-state index contributed by atoms with van der Waals surface area (Å²) in [5.41, 5.74) is 15.6. The number of anilines is 1. The quantitative estimate of drug-likeness (QED) is 0.354. The van der Waals surface area contributed by atoms with E-state index in [2.05, 4.69) is 20.3 Å². The van der Waals surface area contributed by atoms with Gasteiger partial charge in [0.1, 0.15) is 5.82 Å². The first-order valence-electron chi connectivity index (χ1n) is 11.0. The van der Waals surface area contributed by atoms with Crippen molar-refractivity contribution in [2.45, 2.75) is 13.0 Å². The monoisotopic (exact) mass is 462 g/mol. The lowest BCUT2D eigenvalue weighted by atomic mass is 10.1. The minimum Gasteiger partial charge on any atom is -0.383 e. The summed E-state index contributed by atoms with van der Waals surface area (Å²) in [5.74, 6) is -0.189. The molecular formula is C27H22N6O2. The minimum absolute atomic E-state index is 0.189. The van der Waals surface area contributed by atoms with Crippen molar-refractivity contribution in [3.8, 4) is 0 Å². The van der Waals surface area contributed by atoms with Gasteiger partial charge in [-0.25, -0.2) is 4.98 Å². The predicted molar refractivity (Wildman–Crippen MR) is 135 cm³/mol. The van der Waals surface area contributed by atoms with Gasteiger partial charge in [0.15, 0.2) is 0 Å². The Labute approximate surface area is 201 Å². The smallest absolute Gasteiger partial charge is 0.251 e. The molecule has 5 N–H and O–H groups in total. The van der Waals surface area contributed by atoms with Crippen LogP contribution in [0.1, 0.15) is 37.5 Å². The number of pyridine rings is 3. The number of benzene rings is 2. The molecule has 3 heterocycles. The number of amides is 2. The van der Waals surface area contributed by atoms with Gasteiger partial charge in [-0.2, -0.15) is 0 Å². The maximum atomic E-state index is 12.8. The summed E-state index contributed by atoms with van der Waals surface area (Å²) in [4.78, 5) is 37.2. The largest absolute Gasteiger partial charge is 0.383 e. The lowest BCUT2D eigenvalue weighted by Gasteiger charge is -2.09. The number of nitrogens with two attached hydrogens (primary N) is 2. The van der Waals surface area contributed by atoms with Crippen LogP contribution in [0.3, 0.4) is 0 Å². The molecule has 0 aliphatic carbocycles. The molecule has 0 fully saturated rings. The van der Waals surface area contributed by atoms with Gasteiger partial charge in [-0.1, -0.05) is 12.1 Å². The van der Waals surface area contributed by atoms with Crippen molar-refractivity contribution in [2.75, 3.05) is 5.73 Å². The zero-order chi connectivity index (χ0) is 24.4. The van der Waals surface area contributed by atoms with Crippen LogP contribution in [0.4, 0.5) is 5.82 Å². The molecule has 8 nitrogen and oxygen atoms in total. The number of nitrogens with one attached hydrogen (secondary N) is 1. The van der Waals surface area contributed by atoms with E-state index >= 15 is 0 Å². The van der Waals surface area contributed by atoms with Gasteiger partial charge in [-0.05, 0) is 65.0 Å². The molecule has 0 saturated heterocycles. The average Bonchev–Trinajstić information content (AvgIpc) is 2.87. The van der Waals surface area contributed by atoms with Gasteiger partial charge in [0.2, 0.25) is 5.91 Å². The second-order valence-corrected chi connectivity index (χ2v) is 8.26. The van der Waals surface area contributed by atoms with Crippen LogP contribution in [-0.4, -0.2) is 26.8 Å². The van der Waals surface area contributed by atoms with Gasteiger partial charge in [0, 0.05) is 59.1 Å². The topological polar surface area (TPSA) is 137 Å². The van der Waals surface area contributed by atoms with Crippen molar-refractivity contribution in [3.63, 3.8) is 0 Å². The van der Waals surface area contributed by atoms with E-state index in [4.69, 9.17) is 11.5 Å². The Morgan fingerprint density at radius 3 is 2.49 bits per heavy atom. The maximum absolute atomic E-state index is 12.8. The SMILES string of the molecule is NC(=O)c1ccc2ncc(Cc3cc(C(=O)NCc4ccc5c(N)nccc5c4)ccn3)cc2c1. The Kier molecular flexibility index (Phi) is 5.76. The Morgan fingerprint density at radius 1 is 0.800 bits per heavy atom. The minimum atomic E-state index is -0.484. The third-order valence-electron chi connectivity index (χ3n) is 5.80. The second-order valence-electron chi connectivity index (χ2n) is 8.26. The summed E-state index contributed by atoms with van der Waals surface area (Å²) < 4.78 is 0. The van der Waals surface area contributed by atoms with Gasteiger partial charge in [-0.15, -0.1) is 0 Å². The molecule has 2 aromatic carbocycles. The van der Waals surface area contributed by atoms with Crippen molar-refractivity contribution in [1.82, 2.24) is 20.3 Å². The van der Waals surface area contributed by atoms with E-state index in [9.17, 15) is 9.59 Å². The standard InChI is InChI=1S/C27H22N6O2/c28-25-23-3-1-16(9-18(23)5-8-31-25)14-33-27(35)20-6-7-30-22(13-20)11-17-10-21-12-19(26(29)34)2-4-24(21)32-15-17/h1-10,12-13,15H,11,14H2,(H2,28,31)(H2,29,34)(H,33,35). The van der Waals surface area contributed by atoms with Crippen LogP contribution in [0.2, 0.25) is 0 Å². The predicted octanol–water partition coefficient (Wildman–Crippen LogP) is 3.38. The number of carbonyl (C=O) groups excluding carboxylic acids is 2. The molecule has 0 unspecified atom stereocenters. The molecule has 0 aliphatic heterocycles. The Morgan fingerprint density at radius 2 is 1.63 bits per heavy atom. The number of nitrogen functional groups attached to an aromatic ring is 1. The van der Waals surface area contributed by atoms with Crippen molar-refractivity contribution < 1.29 is 9.59 Å². The Hall–Kier alpha value is -4.85. The fourth-order valence-corrected chi connectivity index (χ4v) is 4.00. The number of hydrogen-bond acceptors (Lipinski definition) is 6. The molecule has 0 spiro atoms. The van der Waals surface area contributed by atoms with Crippen LogP contribution in [0, 0.1) is 0 Å². The van der Waals surface area contributed by atoms with Crippen LogP contribution < -0.4 is 16.8 Å². The van der Waals surface area contributed by atoms with Crippen LogP contribution >= 0.6 is 0 Å². The molecule has 35 heavy (non-hydrogen) atoms. The van der Waals surface area contributed by atoms with E-state index in [0.29, 0.717) is 29.9 Å². The second kappa shape index (κ2) is 9.18. The van der Waals surface area contributed by atoms with E-state index in [-0.39, 0.29) is 5.91 Å². The molecule has 0 aliphatic rings. The van der Waals surface area contributed by atoms with E-state index in [1.807, 2.05) is 30.3 Å². The van der Waals surface area contributed by atoms with E-state index < -0.39 is 5.91 Å². The maximum Gasteiger partial charge on any atom is 0.251 e. The number of carbonyl (C=O) groups is 2. The van der Waals surface area contributed by atoms with Crippen LogP contribution in [-0.2, 0) is 13.0 Å². The van der Waals surface area contributed by atoms with Crippen molar-refractivity contribution >= 4 is 39.3 Å². The van der Waals surface area contributed by atoms with Gasteiger partial charge in [-0.3, -0.25) is 19.6 Å².